The molecule has 0 rings (SSSR count). The van der Waals surface area contributed by atoms with Gasteiger partial charge in [-0.3, -0.25) is 5.16 Å². The summed E-state index contributed by atoms with van der Waals surface area (Å²) in [5.74, 6) is 0. The third-order valence-electron chi connectivity index (χ3n) is 0.115. The molecule has 0 bridgehead atoms. The van der Waals surface area contributed by atoms with E-state index < -0.39 is 9.01 Å². The molecule has 0 saturated heterocycles. The molecule has 1 nitrogen and oxygen atoms in total. The molecule has 0 aromatic carbocycles. The normalized spacial score (nSPS) is 20.2. The summed E-state index contributed by atoms with van der Waals surface area (Å²) in [6.07, 6.45) is 0. The van der Waals surface area contributed by atoms with Crippen molar-refractivity contribution in [3.8, 4) is 0 Å². The van der Waals surface area contributed by atoms with Crippen LogP contribution in [0, 0.1) is 5.16 Å². The molecule has 1 atom stereocenters. The molecule has 0 radical (unpaired) electrons. The van der Waals surface area contributed by atoms with Gasteiger partial charge in [0.2, 0.25) is 0 Å². The van der Waals surface area contributed by atoms with Crippen molar-refractivity contribution < 1.29 is 0 Å². The lowest BCUT2D eigenvalue weighted by atomic mass is 10.7. The molecule has 0 fully saturated rings. The van der Waals surface area contributed by atoms with Gasteiger partial charge in [0.1, 0.15) is 0 Å². The average Bonchev–Trinajstić information content (AvgIpc) is 1.65. The molecule has 0 aromatic heterocycles. The van der Waals surface area contributed by atoms with Crippen LogP contribution in [0.15, 0.2) is 0 Å². The van der Waals surface area contributed by atoms with Gasteiger partial charge >= 0.3 is 5.43 Å². The summed E-state index contributed by atoms with van der Waals surface area (Å²) in [7, 11) is -1.21. The van der Waals surface area contributed by atoms with Crippen LogP contribution in [0.3, 0.4) is 0 Å². The highest BCUT2D eigenvalue weighted by molar-refractivity contribution is 8.40. The summed E-state index contributed by atoms with van der Waals surface area (Å²) in [5.41, 5.74) is -0.366. The van der Waals surface area contributed by atoms with Crippen LogP contribution >= 0.6 is 29.7 Å². The fraction of sp³-hybridized carbons (Fsp3) is 0. The molecular formula is H4BNP2S. The smallest absolute Gasteiger partial charge is 0.294 e. The van der Waals surface area contributed by atoms with Gasteiger partial charge in [-0.1, -0.05) is 0 Å². The van der Waals surface area contributed by atoms with E-state index >= 15 is 0 Å². The summed E-state index contributed by atoms with van der Waals surface area (Å²) in [6, 6.07) is 0. The molecule has 1 N–H and O–H groups in total. The predicted molar refractivity (Wildman–Crippen MR) is 34.1 cm³/mol. The van der Waals surface area contributed by atoms with Crippen molar-refractivity contribution >= 4 is 35.2 Å². The molecule has 0 aliphatic heterocycles. The first kappa shape index (κ1) is 3.01. The molecular weight excluding hydrogens is 119 g/mol. The lowest BCUT2D eigenvalue weighted by molar-refractivity contribution is 1.66. The van der Waals surface area contributed by atoms with Gasteiger partial charge in [-0.05, 0) is 8.25 Å². The Labute approximate surface area is 43.7 Å². The summed E-state index contributed by atoms with van der Waals surface area (Å²) in [5, 5.41) is 6.61. The Balaban J connectivity index is 3.33. The topological polar surface area (TPSA) is 23.9 Å². The van der Waals surface area contributed by atoms with Crippen molar-refractivity contribution in [2.24, 2.45) is 0 Å². The Morgan fingerprint density at radius 1 is 2.80 bits per heavy atom. The van der Waals surface area contributed by atoms with E-state index in [-0.39, 0.29) is 5.43 Å². The highest BCUT2D eigenvalue weighted by Crippen LogP contribution is 2.11. The standard InChI is InChI=1S/BH4NP2S/c2-4-1(3)5/h2,5H,3H2/i3TD. The van der Waals surface area contributed by atoms with E-state index in [0.717, 1.165) is 0 Å². The third kappa shape index (κ3) is 4.94. The van der Waals surface area contributed by atoms with Crippen LogP contribution in [-0.4, -0.2) is 7.99 Å². The molecule has 0 saturated carbocycles. The molecule has 5 heavy (non-hydrogen) atoms. The maximum absolute atomic E-state index is 6.71. The molecule has 0 aliphatic carbocycles. The van der Waals surface area contributed by atoms with Gasteiger partial charge < -0.3 is 0 Å². The highest BCUT2D eigenvalue weighted by Gasteiger charge is 1.88. The third-order valence-corrected chi connectivity index (χ3v) is 1.04. The maximum atomic E-state index is 6.71. The SMILES string of the molecule is [2H]P([3H])B(S)P=N. The summed E-state index contributed by atoms with van der Waals surface area (Å²) in [4.78, 5) is 0. The minimum atomic E-state index is -1.50. The molecule has 0 heterocycles. The second-order valence-corrected chi connectivity index (χ2v) is 3.50. The zero-order valence-electron chi connectivity index (χ0n) is 4.42. The number of hydrogen-bond acceptors (Lipinski definition) is 2. The molecule has 5 heteroatoms. The van der Waals surface area contributed by atoms with Crippen molar-refractivity contribution in [3.05, 3.63) is 0 Å². The molecule has 0 spiro atoms. The first-order valence-corrected chi connectivity index (χ1v) is 2.99. The Morgan fingerprint density at radius 2 is 3.40 bits per heavy atom. The number of nitrogens with one attached hydrogen (secondary N) is 1. The number of hydrogen-bond donors (Lipinski definition) is 2. The van der Waals surface area contributed by atoms with Crippen molar-refractivity contribution in [1.82, 2.24) is 0 Å². The lowest BCUT2D eigenvalue weighted by Crippen LogP contribution is -1.66. The lowest BCUT2D eigenvalue weighted by Gasteiger charge is -1.73. The van der Waals surface area contributed by atoms with Crippen molar-refractivity contribution in [2.45, 2.75) is 0 Å². The van der Waals surface area contributed by atoms with Crippen LogP contribution in [0.25, 0.3) is 0 Å². The summed E-state index contributed by atoms with van der Waals surface area (Å²) < 4.78 is 13.4. The monoisotopic (exact) mass is 126 g/mol. The number of thiol groups is 1. The van der Waals surface area contributed by atoms with E-state index in [1.807, 2.05) is 0 Å². The van der Waals surface area contributed by atoms with E-state index in [1.165, 1.54) is 0 Å². The van der Waals surface area contributed by atoms with Gasteiger partial charge in [-0.15, -0.1) is 9.01 Å². The van der Waals surface area contributed by atoms with Gasteiger partial charge in [0, 0.05) is 2.56 Å². The van der Waals surface area contributed by atoms with Crippen molar-refractivity contribution in [3.63, 3.8) is 0 Å². The second-order valence-electron chi connectivity index (χ2n) is 0.476. The van der Waals surface area contributed by atoms with Crippen LogP contribution in [-0.2, 0) is 0 Å². The molecule has 0 amide bonds. The van der Waals surface area contributed by atoms with E-state index in [2.05, 4.69) is 12.5 Å². The van der Waals surface area contributed by atoms with Crippen LogP contribution in [0.5, 0.6) is 0 Å². The minimum Gasteiger partial charge on any atom is -0.294 e. The predicted octanol–water partition coefficient (Wildman–Crippen LogP) is 1.48. The Hall–Kier alpha value is 0.945. The quantitative estimate of drug-likeness (QED) is 0.318. The van der Waals surface area contributed by atoms with E-state index in [4.69, 9.17) is 7.72 Å². The van der Waals surface area contributed by atoms with E-state index in [1.54, 1.807) is 0 Å². The van der Waals surface area contributed by atoms with Gasteiger partial charge in [0.05, 0.1) is 0 Å². The summed E-state index contributed by atoms with van der Waals surface area (Å²) >= 11 is 3.78. The zero-order valence-corrected chi connectivity index (χ0v) is 5.10. The molecule has 28 valence electrons. The van der Waals surface area contributed by atoms with Gasteiger partial charge in [-0.25, -0.2) is 12.5 Å². The maximum Gasteiger partial charge on any atom is 0.308 e. The molecule has 0 aromatic rings. The Bertz CT molecular complexity index is 68.7. The number of rotatable bonds is 2. The molecule has 0 aliphatic rings. The van der Waals surface area contributed by atoms with E-state index in [0.29, 0.717) is 8.25 Å². The second kappa shape index (κ2) is 3.15. The fourth-order valence-corrected chi connectivity index (χ4v) is 0. The summed E-state index contributed by atoms with van der Waals surface area (Å²) in [6.45, 7) is 0. The largest absolute Gasteiger partial charge is 0.308 e. The first-order valence-electron chi connectivity index (χ1n) is 1.89. The van der Waals surface area contributed by atoms with E-state index in [9.17, 15) is 0 Å². The average molecular weight is 126 g/mol. The van der Waals surface area contributed by atoms with Gasteiger partial charge in [0.15, 0.2) is 0 Å². The Kier molecular flexibility index (Phi) is 1.90. The minimum absolute atomic E-state index is 0.290. The zero-order chi connectivity index (χ0) is 5.86. The highest BCUT2D eigenvalue weighted by atomic mass is 32.1. The van der Waals surface area contributed by atoms with Crippen molar-refractivity contribution in [1.29, 1.82) is 7.72 Å². The van der Waals surface area contributed by atoms with Gasteiger partial charge in [0.25, 0.3) is 0 Å². The molecule has 1 unspecified atom stereocenters. The first-order chi connectivity index (χ1) is 3.18. The van der Waals surface area contributed by atoms with Crippen LogP contribution in [0.2, 0.25) is 0 Å². The van der Waals surface area contributed by atoms with Crippen LogP contribution in [0.4, 0.5) is 0 Å². The van der Waals surface area contributed by atoms with Crippen LogP contribution in [0.1, 0.15) is 0 Å². The van der Waals surface area contributed by atoms with Crippen molar-refractivity contribution in [2.75, 3.05) is 0 Å². The van der Waals surface area contributed by atoms with Gasteiger partial charge in [-0.2, -0.15) is 0 Å². The fourth-order valence-electron chi connectivity index (χ4n) is 0. The van der Waals surface area contributed by atoms with Crippen LogP contribution < -0.4 is 0 Å². The Morgan fingerprint density at radius 3 is 3.40 bits per heavy atom.